The molecule has 0 spiro atoms. The molecule has 1 N–H and O–H groups in total. The highest BCUT2D eigenvalue weighted by molar-refractivity contribution is 5.42. The van der Waals surface area contributed by atoms with Crippen LogP contribution in [0.5, 0.6) is 0 Å². The fourth-order valence-electron chi connectivity index (χ4n) is 2.63. The maximum atomic E-state index is 11.3. The van der Waals surface area contributed by atoms with Crippen LogP contribution in [0, 0.1) is 5.92 Å². The Balaban J connectivity index is 1.50. The molecule has 24 heavy (non-hydrogen) atoms. The summed E-state index contributed by atoms with van der Waals surface area (Å²) in [6, 6.07) is 7.35. The molecule has 1 fully saturated rings. The summed E-state index contributed by atoms with van der Waals surface area (Å²) < 4.78 is 1.34. The van der Waals surface area contributed by atoms with Crippen molar-refractivity contribution < 1.29 is 0 Å². The van der Waals surface area contributed by atoms with E-state index in [-0.39, 0.29) is 11.0 Å². The molecule has 0 aromatic carbocycles. The normalized spacial score (nSPS) is 15.2. The van der Waals surface area contributed by atoms with Gasteiger partial charge in [-0.05, 0) is 18.2 Å². The van der Waals surface area contributed by atoms with Gasteiger partial charge in [0.25, 0.3) is 5.56 Å². The van der Waals surface area contributed by atoms with Gasteiger partial charge in [0.05, 0.1) is 5.69 Å². The summed E-state index contributed by atoms with van der Waals surface area (Å²) in [5.74, 6) is 2.19. The standard InChI is InChI=1S/C17H24N6O/c1-17(2,3)13-5-7-15(20-19-13)23-10-12(11-23)9-18-14-6-8-16(24)22(4)21-14/h5-8,12H,9-11H2,1-4H3,(H,18,21). The Hall–Kier alpha value is -2.44. The quantitative estimate of drug-likeness (QED) is 0.915. The molecule has 3 heterocycles. The molecule has 2 aromatic heterocycles. The van der Waals surface area contributed by atoms with Gasteiger partial charge in [-0.2, -0.15) is 10.2 Å². The Kier molecular flexibility index (Phi) is 4.26. The van der Waals surface area contributed by atoms with Crippen molar-refractivity contribution in [2.75, 3.05) is 29.9 Å². The molecular weight excluding hydrogens is 304 g/mol. The van der Waals surface area contributed by atoms with Crippen molar-refractivity contribution in [1.29, 1.82) is 0 Å². The number of anilines is 2. The zero-order chi connectivity index (χ0) is 17.3. The number of hydrogen-bond donors (Lipinski definition) is 1. The first-order valence-corrected chi connectivity index (χ1v) is 8.20. The maximum Gasteiger partial charge on any atom is 0.266 e. The molecule has 7 nitrogen and oxygen atoms in total. The van der Waals surface area contributed by atoms with Crippen LogP contribution in [0.2, 0.25) is 0 Å². The van der Waals surface area contributed by atoms with Crippen LogP contribution in [-0.2, 0) is 12.5 Å². The Morgan fingerprint density at radius 2 is 1.92 bits per heavy atom. The smallest absolute Gasteiger partial charge is 0.266 e. The monoisotopic (exact) mass is 328 g/mol. The van der Waals surface area contributed by atoms with Crippen LogP contribution in [0.4, 0.5) is 11.6 Å². The topological polar surface area (TPSA) is 75.9 Å². The number of nitrogens with zero attached hydrogens (tertiary/aromatic N) is 5. The van der Waals surface area contributed by atoms with Crippen molar-refractivity contribution >= 4 is 11.6 Å². The average molecular weight is 328 g/mol. The minimum absolute atomic E-state index is 0.0235. The molecule has 0 bridgehead atoms. The maximum absolute atomic E-state index is 11.3. The van der Waals surface area contributed by atoms with E-state index in [1.807, 2.05) is 6.07 Å². The predicted molar refractivity (Wildman–Crippen MR) is 94.4 cm³/mol. The molecule has 0 unspecified atom stereocenters. The van der Waals surface area contributed by atoms with E-state index in [1.165, 1.54) is 10.7 Å². The number of aromatic nitrogens is 4. The lowest BCUT2D eigenvalue weighted by atomic mass is 9.92. The minimum Gasteiger partial charge on any atom is -0.368 e. The Labute approximate surface area is 141 Å². The molecular formula is C17H24N6O. The van der Waals surface area contributed by atoms with Crippen LogP contribution in [0.25, 0.3) is 0 Å². The Bertz CT molecular complexity index is 756. The van der Waals surface area contributed by atoms with E-state index >= 15 is 0 Å². The second-order valence-electron chi connectivity index (χ2n) is 7.36. The zero-order valence-electron chi connectivity index (χ0n) is 14.7. The largest absolute Gasteiger partial charge is 0.368 e. The second kappa shape index (κ2) is 6.22. The van der Waals surface area contributed by atoms with E-state index in [4.69, 9.17) is 0 Å². The molecule has 0 atom stereocenters. The SMILES string of the molecule is Cn1nc(NCC2CN(c3ccc(C(C)(C)C)nn3)C2)ccc1=O. The van der Waals surface area contributed by atoms with Gasteiger partial charge in [-0.3, -0.25) is 4.79 Å². The second-order valence-corrected chi connectivity index (χ2v) is 7.36. The van der Waals surface area contributed by atoms with Crippen LogP contribution >= 0.6 is 0 Å². The zero-order valence-corrected chi connectivity index (χ0v) is 14.7. The lowest BCUT2D eigenvalue weighted by molar-refractivity contribution is 0.423. The van der Waals surface area contributed by atoms with Gasteiger partial charge in [-0.1, -0.05) is 20.8 Å². The van der Waals surface area contributed by atoms with E-state index in [0.717, 1.165) is 37.0 Å². The van der Waals surface area contributed by atoms with Gasteiger partial charge in [0.2, 0.25) is 0 Å². The van der Waals surface area contributed by atoms with Crippen molar-refractivity contribution in [3.05, 3.63) is 40.3 Å². The van der Waals surface area contributed by atoms with Crippen LogP contribution in [0.3, 0.4) is 0 Å². The first kappa shape index (κ1) is 16.4. The predicted octanol–water partition coefficient (Wildman–Crippen LogP) is 1.42. The van der Waals surface area contributed by atoms with Crippen molar-refractivity contribution in [3.8, 4) is 0 Å². The van der Waals surface area contributed by atoms with E-state index in [9.17, 15) is 4.79 Å². The highest BCUT2D eigenvalue weighted by Gasteiger charge is 2.28. The van der Waals surface area contributed by atoms with Gasteiger partial charge < -0.3 is 10.2 Å². The number of nitrogens with one attached hydrogen (secondary N) is 1. The molecule has 0 radical (unpaired) electrons. The third kappa shape index (κ3) is 3.55. The summed E-state index contributed by atoms with van der Waals surface area (Å²) in [5.41, 5.74) is 0.925. The molecule has 1 aliphatic rings. The van der Waals surface area contributed by atoms with Gasteiger partial charge >= 0.3 is 0 Å². The van der Waals surface area contributed by atoms with Gasteiger partial charge in [-0.15, -0.1) is 5.10 Å². The lowest BCUT2D eigenvalue weighted by Gasteiger charge is -2.40. The molecule has 0 saturated carbocycles. The van der Waals surface area contributed by atoms with Crippen molar-refractivity contribution in [2.45, 2.75) is 26.2 Å². The molecule has 0 aliphatic carbocycles. The number of hydrogen-bond acceptors (Lipinski definition) is 6. The minimum atomic E-state index is -0.104. The fraction of sp³-hybridized carbons (Fsp3) is 0.529. The first-order chi connectivity index (χ1) is 11.3. The summed E-state index contributed by atoms with van der Waals surface area (Å²) in [7, 11) is 1.65. The molecule has 1 saturated heterocycles. The van der Waals surface area contributed by atoms with Gasteiger partial charge in [0.15, 0.2) is 5.82 Å². The van der Waals surface area contributed by atoms with E-state index < -0.39 is 0 Å². The highest BCUT2D eigenvalue weighted by Crippen LogP contribution is 2.25. The third-order valence-electron chi connectivity index (χ3n) is 4.23. The van der Waals surface area contributed by atoms with Crippen LogP contribution in [-0.4, -0.2) is 39.6 Å². The van der Waals surface area contributed by atoms with E-state index in [0.29, 0.717) is 5.92 Å². The highest BCUT2D eigenvalue weighted by atomic mass is 16.1. The number of aryl methyl sites for hydroxylation is 1. The van der Waals surface area contributed by atoms with Crippen LogP contribution in [0.1, 0.15) is 26.5 Å². The summed E-state index contributed by atoms with van der Waals surface area (Å²) in [4.78, 5) is 13.5. The van der Waals surface area contributed by atoms with Gasteiger partial charge in [0, 0.05) is 44.1 Å². The molecule has 128 valence electrons. The molecule has 0 amide bonds. The summed E-state index contributed by atoms with van der Waals surface area (Å²) in [5, 5.41) is 16.1. The Morgan fingerprint density at radius 3 is 2.50 bits per heavy atom. The third-order valence-corrected chi connectivity index (χ3v) is 4.23. The average Bonchev–Trinajstić information content (AvgIpc) is 2.49. The van der Waals surface area contributed by atoms with Crippen molar-refractivity contribution in [3.63, 3.8) is 0 Å². The van der Waals surface area contributed by atoms with Crippen molar-refractivity contribution in [2.24, 2.45) is 13.0 Å². The fourth-order valence-corrected chi connectivity index (χ4v) is 2.63. The number of rotatable bonds is 4. The van der Waals surface area contributed by atoms with Crippen LogP contribution < -0.4 is 15.8 Å². The molecule has 7 heteroatoms. The summed E-state index contributed by atoms with van der Waals surface area (Å²) >= 11 is 0. The van der Waals surface area contributed by atoms with Crippen LogP contribution in [0.15, 0.2) is 29.1 Å². The van der Waals surface area contributed by atoms with E-state index in [1.54, 1.807) is 13.1 Å². The van der Waals surface area contributed by atoms with Crippen molar-refractivity contribution in [1.82, 2.24) is 20.0 Å². The van der Waals surface area contributed by atoms with E-state index in [2.05, 4.69) is 52.4 Å². The van der Waals surface area contributed by atoms with Gasteiger partial charge in [-0.25, -0.2) is 4.68 Å². The summed E-state index contributed by atoms with van der Waals surface area (Å²) in [6.45, 7) is 9.13. The first-order valence-electron chi connectivity index (χ1n) is 8.20. The molecule has 1 aliphatic heterocycles. The lowest BCUT2D eigenvalue weighted by Crippen LogP contribution is -2.50. The molecule has 2 aromatic rings. The Morgan fingerprint density at radius 1 is 1.17 bits per heavy atom. The van der Waals surface area contributed by atoms with Gasteiger partial charge in [0.1, 0.15) is 5.82 Å². The summed E-state index contributed by atoms with van der Waals surface area (Å²) in [6.07, 6.45) is 0. The molecule has 3 rings (SSSR count).